The van der Waals surface area contributed by atoms with E-state index in [0.29, 0.717) is 24.4 Å². The molecule has 0 saturated carbocycles. The minimum atomic E-state index is -0.980. The molecule has 0 spiro atoms. The summed E-state index contributed by atoms with van der Waals surface area (Å²) in [7, 11) is 0. The zero-order valence-electron chi connectivity index (χ0n) is 21.3. The molecule has 200 valence electrons. The molecule has 0 unspecified atom stereocenters. The van der Waals surface area contributed by atoms with Crippen LogP contribution in [0.25, 0.3) is 0 Å². The fourth-order valence-corrected chi connectivity index (χ4v) is 3.86. The van der Waals surface area contributed by atoms with E-state index in [0.717, 1.165) is 6.42 Å². The number of ether oxygens (including phenoxy) is 1. The molecule has 10 nitrogen and oxygen atoms in total. The normalized spacial score (nSPS) is 11.8. The number of carbonyl (C=O) groups is 4. The van der Waals surface area contributed by atoms with Gasteiger partial charge in [-0.3, -0.25) is 19.2 Å². The summed E-state index contributed by atoms with van der Waals surface area (Å²) >= 11 is 1.35. The van der Waals surface area contributed by atoms with Gasteiger partial charge in [-0.15, -0.1) is 0 Å². The van der Waals surface area contributed by atoms with Crippen LogP contribution in [-0.4, -0.2) is 47.5 Å². The molecule has 37 heavy (non-hydrogen) atoms. The zero-order chi connectivity index (χ0) is 27.2. The molecule has 0 fully saturated rings. The van der Waals surface area contributed by atoms with Crippen molar-refractivity contribution in [3.05, 3.63) is 63.2 Å². The van der Waals surface area contributed by atoms with Gasteiger partial charge in [-0.05, 0) is 55.7 Å². The SMILES string of the molecule is CCOC(=O)/C=C/CC[C@H](NC(=O)c1ccsc1)C(=O)Nc1cccn(CC(=O)NCCC(C)C)c1=O. The number of allylic oxidation sites excluding steroid dienone is 1. The highest BCUT2D eigenvalue weighted by molar-refractivity contribution is 7.08. The summed E-state index contributed by atoms with van der Waals surface area (Å²) < 4.78 is 6.04. The lowest BCUT2D eigenvalue weighted by atomic mass is 10.1. The van der Waals surface area contributed by atoms with Crippen LogP contribution in [0.2, 0.25) is 0 Å². The Hall–Kier alpha value is -3.73. The minimum absolute atomic E-state index is 0.0145. The summed E-state index contributed by atoms with van der Waals surface area (Å²) in [6.07, 6.45) is 5.59. The van der Waals surface area contributed by atoms with Gasteiger partial charge in [0, 0.05) is 24.2 Å². The second-order valence-electron chi connectivity index (χ2n) is 8.65. The second-order valence-corrected chi connectivity index (χ2v) is 9.43. The largest absolute Gasteiger partial charge is 0.463 e. The van der Waals surface area contributed by atoms with Crippen LogP contribution in [0.3, 0.4) is 0 Å². The molecule has 2 rings (SSSR count). The lowest BCUT2D eigenvalue weighted by Gasteiger charge is -2.18. The topological polar surface area (TPSA) is 136 Å². The molecule has 2 heterocycles. The lowest BCUT2D eigenvalue weighted by Crippen LogP contribution is -2.44. The quantitative estimate of drug-likeness (QED) is 0.254. The average Bonchev–Trinajstić information content (AvgIpc) is 3.38. The smallest absolute Gasteiger partial charge is 0.330 e. The van der Waals surface area contributed by atoms with Crippen molar-refractivity contribution in [3.8, 4) is 0 Å². The summed E-state index contributed by atoms with van der Waals surface area (Å²) in [6.45, 7) is 6.38. The molecule has 0 saturated heterocycles. The molecule has 0 radical (unpaired) electrons. The van der Waals surface area contributed by atoms with E-state index < -0.39 is 29.4 Å². The van der Waals surface area contributed by atoms with Crippen molar-refractivity contribution in [1.82, 2.24) is 15.2 Å². The van der Waals surface area contributed by atoms with Crippen LogP contribution in [0, 0.1) is 5.92 Å². The Balaban J connectivity index is 2.09. The van der Waals surface area contributed by atoms with Crippen molar-refractivity contribution in [2.24, 2.45) is 5.92 Å². The van der Waals surface area contributed by atoms with E-state index >= 15 is 0 Å². The molecule has 0 aliphatic heterocycles. The molecular formula is C26H34N4O6S. The van der Waals surface area contributed by atoms with Gasteiger partial charge in [0.1, 0.15) is 18.3 Å². The Kier molecular flexibility index (Phi) is 12.3. The van der Waals surface area contributed by atoms with Crippen molar-refractivity contribution in [3.63, 3.8) is 0 Å². The molecule has 2 aromatic heterocycles. The van der Waals surface area contributed by atoms with E-state index in [1.54, 1.807) is 35.9 Å². The molecule has 3 amide bonds. The summed E-state index contributed by atoms with van der Waals surface area (Å²) in [5, 5.41) is 11.4. The minimum Gasteiger partial charge on any atom is -0.463 e. The van der Waals surface area contributed by atoms with E-state index in [1.807, 2.05) is 0 Å². The number of aromatic nitrogens is 1. The van der Waals surface area contributed by atoms with Gasteiger partial charge in [0.15, 0.2) is 0 Å². The van der Waals surface area contributed by atoms with Crippen LogP contribution in [0.1, 0.15) is 50.4 Å². The van der Waals surface area contributed by atoms with Crippen LogP contribution in [-0.2, 0) is 25.7 Å². The van der Waals surface area contributed by atoms with Gasteiger partial charge in [-0.2, -0.15) is 11.3 Å². The van der Waals surface area contributed by atoms with Gasteiger partial charge in [0.2, 0.25) is 11.8 Å². The van der Waals surface area contributed by atoms with E-state index in [-0.39, 0.29) is 31.2 Å². The third-order valence-corrected chi connectivity index (χ3v) is 5.89. The maximum absolute atomic E-state index is 13.1. The summed E-state index contributed by atoms with van der Waals surface area (Å²) in [5.41, 5.74) is -0.144. The highest BCUT2D eigenvalue weighted by Crippen LogP contribution is 2.09. The summed E-state index contributed by atoms with van der Waals surface area (Å²) in [6, 6.07) is 3.65. The van der Waals surface area contributed by atoms with E-state index in [1.165, 1.54) is 34.2 Å². The van der Waals surface area contributed by atoms with E-state index in [2.05, 4.69) is 29.8 Å². The molecule has 0 aliphatic carbocycles. The highest BCUT2D eigenvalue weighted by atomic mass is 32.1. The number of anilines is 1. The van der Waals surface area contributed by atoms with Gasteiger partial charge in [-0.25, -0.2) is 4.79 Å². The number of hydrogen-bond donors (Lipinski definition) is 3. The monoisotopic (exact) mass is 530 g/mol. The number of hydrogen-bond acceptors (Lipinski definition) is 7. The summed E-state index contributed by atoms with van der Waals surface area (Å²) in [4.78, 5) is 62.2. The third-order valence-electron chi connectivity index (χ3n) is 5.20. The maximum Gasteiger partial charge on any atom is 0.330 e. The molecule has 1 atom stereocenters. The van der Waals surface area contributed by atoms with Crippen molar-refractivity contribution in [2.45, 2.75) is 52.6 Å². The van der Waals surface area contributed by atoms with Crippen LogP contribution in [0.15, 0.2) is 52.1 Å². The van der Waals surface area contributed by atoms with Gasteiger partial charge < -0.3 is 25.3 Å². The summed E-state index contributed by atoms with van der Waals surface area (Å²) in [5.74, 6) is -1.39. The van der Waals surface area contributed by atoms with Crippen LogP contribution < -0.4 is 21.5 Å². The first-order valence-corrected chi connectivity index (χ1v) is 13.1. The van der Waals surface area contributed by atoms with E-state index in [9.17, 15) is 24.0 Å². The predicted molar refractivity (Wildman–Crippen MR) is 142 cm³/mol. The molecule has 0 bridgehead atoms. The van der Waals surface area contributed by atoms with Crippen molar-refractivity contribution in [2.75, 3.05) is 18.5 Å². The number of amides is 3. The standard InChI is InChI=1S/C26H34N4O6S/c1-4-36-23(32)10-6-5-8-20(28-24(33)19-12-15-37-17-19)25(34)29-21-9-7-14-30(26(21)35)16-22(31)27-13-11-18(2)3/h6-7,9-10,12,14-15,17-18,20H,4-5,8,11,13,16H2,1-3H3,(H,27,31)(H,28,33)(H,29,34)/b10-6+/t20-/m0/s1. The first-order chi connectivity index (χ1) is 17.7. The van der Waals surface area contributed by atoms with Crippen LogP contribution >= 0.6 is 11.3 Å². The molecule has 11 heteroatoms. The fourth-order valence-electron chi connectivity index (χ4n) is 3.22. The van der Waals surface area contributed by atoms with Gasteiger partial charge in [0.25, 0.3) is 11.5 Å². The zero-order valence-corrected chi connectivity index (χ0v) is 22.1. The Morgan fingerprint density at radius 1 is 1.16 bits per heavy atom. The number of pyridine rings is 1. The number of thiophene rings is 1. The number of rotatable bonds is 14. The van der Waals surface area contributed by atoms with Gasteiger partial charge in [0.05, 0.1) is 12.2 Å². The number of nitrogens with one attached hydrogen (secondary N) is 3. The van der Waals surface area contributed by atoms with Gasteiger partial charge >= 0.3 is 5.97 Å². The number of nitrogens with zero attached hydrogens (tertiary/aromatic N) is 1. The molecule has 0 aromatic carbocycles. The highest BCUT2D eigenvalue weighted by Gasteiger charge is 2.22. The lowest BCUT2D eigenvalue weighted by molar-refractivity contribution is -0.137. The second kappa shape index (κ2) is 15.4. The van der Waals surface area contributed by atoms with Crippen LogP contribution in [0.5, 0.6) is 0 Å². The molecule has 2 aromatic rings. The van der Waals surface area contributed by atoms with Crippen LogP contribution in [0.4, 0.5) is 5.69 Å². The first-order valence-electron chi connectivity index (χ1n) is 12.1. The first kappa shape index (κ1) is 29.5. The van der Waals surface area contributed by atoms with Gasteiger partial charge in [-0.1, -0.05) is 19.9 Å². The van der Waals surface area contributed by atoms with Crippen molar-refractivity contribution >= 4 is 40.7 Å². The number of esters is 1. The Bertz CT molecular complexity index is 1140. The number of carbonyl (C=O) groups excluding carboxylic acids is 4. The van der Waals surface area contributed by atoms with E-state index in [4.69, 9.17) is 4.74 Å². The Morgan fingerprint density at radius 2 is 1.95 bits per heavy atom. The molecule has 0 aliphatic rings. The molecular weight excluding hydrogens is 496 g/mol. The molecule has 3 N–H and O–H groups in total. The predicted octanol–water partition coefficient (Wildman–Crippen LogP) is 2.71. The average molecular weight is 531 g/mol. The Labute approximate surface area is 220 Å². The van der Waals surface area contributed by atoms with Crippen molar-refractivity contribution in [1.29, 1.82) is 0 Å². The van der Waals surface area contributed by atoms with Crippen molar-refractivity contribution < 1.29 is 23.9 Å². The fraction of sp³-hybridized carbons (Fsp3) is 0.423. The Morgan fingerprint density at radius 3 is 2.62 bits per heavy atom. The maximum atomic E-state index is 13.1. The third kappa shape index (κ3) is 10.4.